The Morgan fingerprint density at radius 3 is 2.51 bits per heavy atom. The molecule has 0 atom stereocenters. The largest absolute Gasteiger partial charge is 0.497 e. The third-order valence-corrected chi connectivity index (χ3v) is 6.15. The molecule has 1 amide bonds. The molecule has 0 unspecified atom stereocenters. The van der Waals surface area contributed by atoms with Crippen LogP contribution >= 0.6 is 11.8 Å². The van der Waals surface area contributed by atoms with Crippen molar-refractivity contribution in [3.8, 4) is 17.2 Å². The summed E-state index contributed by atoms with van der Waals surface area (Å²) in [4.78, 5) is 12.6. The molecule has 180 valence electrons. The molecular formula is C26H25FN4O3S. The first-order valence-electron chi connectivity index (χ1n) is 10.9. The van der Waals surface area contributed by atoms with Crippen LogP contribution in [0.2, 0.25) is 0 Å². The number of amides is 1. The van der Waals surface area contributed by atoms with Gasteiger partial charge in [0.25, 0.3) is 0 Å². The number of ether oxygens (including phenoxy) is 2. The summed E-state index contributed by atoms with van der Waals surface area (Å²) in [5.41, 5.74) is 3.07. The maximum Gasteiger partial charge on any atom is 0.234 e. The molecule has 0 spiro atoms. The number of rotatable bonds is 9. The van der Waals surface area contributed by atoms with E-state index in [1.54, 1.807) is 54.1 Å². The van der Waals surface area contributed by atoms with Gasteiger partial charge in [-0.2, -0.15) is 0 Å². The highest BCUT2D eigenvalue weighted by atomic mass is 32.2. The number of thioether (sulfide) groups is 1. The van der Waals surface area contributed by atoms with Crippen LogP contribution in [-0.2, 0) is 11.4 Å². The van der Waals surface area contributed by atoms with Gasteiger partial charge in [0.1, 0.15) is 23.9 Å². The maximum absolute atomic E-state index is 14.7. The lowest BCUT2D eigenvalue weighted by atomic mass is 10.1. The van der Waals surface area contributed by atoms with E-state index in [2.05, 4.69) is 15.5 Å². The molecule has 1 aromatic heterocycles. The SMILES string of the molecule is COc1ccc(OCc2nnc(SCC(=O)Nc3cc(C)ccc3C)n2-c2ccccc2F)cc1. The van der Waals surface area contributed by atoms with Crippen LogP contribution in [0, 0.1) is 19.7 Å². The first-order valence-corrected chi connectivity index (χ1v) is 11.9. The quantitative estimate of drug-likeness (QED) is 0.318. The normalized spacial score (nSPS) is 10.7. The van der Waals surface area contributed by atoms with Crippen LogP contribution in [-0.4, -0.2) is 33.5 Å². The summed E-state index contributed by atoms with van der Waals surface area (Å²) in [5, 5.41) is 11.7. The zero-order valence-corrected chi connectivity index (χ0v) is 20.4. The van der Waals surface area contributed by atoms with Crippen LogP contribution in [0.5, 0.6) is 11.5 Å². The molecule has 0 aliphatic heterocycles. The highest BCUT2D eigenvalue weighted by molar-refractivity contribution is 7.99. The van der Waals surface area contributed by atoms with Crippen LogP contribution in [0.1, 0.15) is 17.0 Å². The fraction of sp³-hybridized carbons (Fsp3) is 0.192. The van der Waals surface area contributed by atoms with E-state index in [0.29, 0.717) is 22.5 Å². The topological polar surface area (TPSA) is 78.3 Å². The second-order valence-electron chi connectivity index (χ2n) is 7.81. The van der Waals surface area contributed by atoms with Crippen molar-refractivity contribution < 1.29 is 18.7 Å². The lowest BCUT2D eigenvalue weighted by molar-refractivity contribution is -0.113. The van der Waals surface area contributed by atoms with Gasteiger partial charge in [0.05, 0.1) is 18.6 Å². The van der Waals surface area contributed by atoms with Gasteiger partial charge in [0.15, 0.2) is 11.0 Å². The molecule has 7 nitrogen and oxygen atoms in total. The number of nitrogens with one attached hydrogen (secondary N) is 1. The molecule has 1 N–H and O–H groups in total. The second-order valence-corrected chi connectivity index (χ2v) is 8.75. The summed E-state index contributed by atoms with van der Waals surface area (Å²) >= 11 is 1.17. The smallest absolute Gasteiger partial charge is 0.234 e. The van der Waals surface area contributed by atoms with E-state index < -0.39 is 5.82 Å². The molecule has 0 saturated heterocycles. The molecule has 0 saturated carbocycles. The Balaban J connectivity index is 1.52. The zero-order chi connectivity index (χ0) is 24.8. The highest BCUT2D eigenvalue weighted by Gasteiger charge is 2.19. The fourth-order valence-corrected chi connectivity index (χ4v) is 4.13. The average molecular weight is 493 g/mol. The van der Waals surface area contributed by atoms with Gasteiger partial charge in [-0.1, -0.05) is 36.0 Å². The van der Waals surface area contributed by atoms with Crippen molar-refractivity contribution in [1.82, 2.24) is 14.8 Å². The second kappa shape index (κ2) is 11.1. The molecule has 0 fully saturated rings. The van der Waals surface area contributed by atoms with Gasteiger partial charge in [0, 0.05) is 5.69 Å². The van der Waals surface area contributed by atoms with Crippen LogP contribution < -0.4 is 14.8 Å². The first kappa shape index (κ1) is 24.3. The monoisotopic (exact) mass is 492 g/mol. The van der Waals surface area contributed by atoms with Gasteiger partial charge in [-0.3, -0.25) is 9.36 Å². The standard InChI is InChI=1S/C26H25FN4O3S/c1-17-8-9-18(2)22(14-17)28-25(32)16-35-26-30-29-24(31(26)23-7-5-4-6-21(23)27)15-34-20-12-10-19(33-3)11-13-20/h4-14H,15-16H2,1-3H3,(H,28,32). The van der Waals surface area contributed by atoms with Gasteiger partial charge in [-0.25, -0.2) is 4.39 Å². The summed E-state index contributed by atoms with van der Waals surface area (Å²) in [7, 11) is 1.59. The van der Waals surface area contributed by atoms with Crippen LogP contribution in [0.4, 0.5) is 10.1 Å². The number of anilines is 1. The molecule has 0 aliphatic carbocycles. The molecule has 1 heterocycles. The summed E-state index contributed by atoms with van der Waals surface area (Å²) in [5.74, 6) is 1.19. The summed E-state index contributed by atoms with van der Waals surface area (Å²) in [6, 6.07) is 19.3. The Morgan fingerprint density at radius 2 is 1.77 bits per heavy atom. The van der Waals surface area contributed by atoms with E-state index in [1.165, 1.54) is 17.8 Å². The van der Waals surface area contributed by atoms with Crippen LogP contribution in [0.3, 0.4) is 0 Å². The summed E-state index contributed by atoms with van der Waals surface area (Å²) < 4.78 is 27.3. The van der Waals surface area contributed by atoms with Crippen LogP contribution in [0.25, 0.3) is 5.69 Å². The predicted molar refractivity (Wildman–Crippen MR) is 134 cm³/mol. The van der Waals surface area contributed by atoms with Crippen molar-refractivity contribution in [3.63, 3.8) is 0 Å². The van der Waals surface area contributed by atoms with Gasteiger partial charge in [-0.05, 0) is 67.4 Å². The van der Waals surface area contributed by atoms with E-state index in [0.717, 1.165) is 16.8 Å². The minimum Gasteiger partial charge on any atom is -0.497 e. The predicted octanol–water partition coefficient (Wildman–Crippen LogP) is 5.34. The number of aryl methyl sites for hydroxylation is 2. The molecule has 35 heavy (non-hydrogen) atoms. The average Bonchev–Trinajstić information content (AvgIpc) is 3.27. The van der Waals surface area contributed by atoms with E-state index in [-0.39, 0.29) is 24.0 Å². The van der Waals surface area contributed by atoms with Gasteiger partial charge < -0.3 is 14.8 Å². The van der Waals surface area contributed by atoms with Crippen molar-refractivity contribution in [2.45, 2.75) is 25.6 Å². The van der Waals surface area contributed by atoms with Gasteiger partial charge in [-0.15, -0.1) is 10.2 Å². The number of nitrogens with zero attached hydrogens (tertiary/aromatic N) is 3. The zero-order valence-electron chi connectivity index (χ0n) is 19.6. The Morgan fingerprint density at radius 1 is 1.03 bits per heavy atom. The van der Waals surface area contributed by atoms with Gasteiger partial charge >= 0.3 is 0 Å². The summed E-state index contributed by atoms with van der Waals surface area (Å²) in [6.45, 7) is 3.96. The summed E-state index contributed by atoms with van der Waals surface area (Å²) in [6.07, 6.45) is 0. The molecule has 3 aromatic carbocycles. The first-order chi connectivity index (χ1) is 16.9. The van der Waals surface area contributed by atoms with E-state index in [9.17, 15) is 9.18 Å². The number of hydrogen-bond donors (Lipinski definition) is 1. The number of methoxy groups -OCH3 is 1. The van der Waals surface area contributed by atoms with E-state index in [1.807, 2.05) is 32.0 Å². The van der Waals surface area contributed by atoms with Crippen molar-refractivity contribution in [2.24, 2.45) is 0 Å². The minimum absolute atomic E-state index is 0.0584. The third-order valence-electron chi connectivity index (χ3n) is 5.22. The molecule has 0 bridgehead atoms. The molecule has 4 rings (SSSR count). The van der Waals surface area contributed by atoms with Crippen molar-refractivity contribution >= 4 is 23.4 Å². The number of benzene rings is 3. The Labute approximate surface area is 207 Å². The van der Waals surface area contributed by atoms with E-state index >= 15 is 0 Å². The molecule has 9 heteroatoms. The number of aromatic nitrogens is 3. The Hall–Kier alpha value is -3.85. The number of halogens is 1. The van der Waals surface area contributed by atoms with Gasteiger partial charge in [0.2, 0.25) is 5.91 Å². The molecule has 0 aliphatic rings. The van der Waals surface area contributed by atoms with Crippen LogP contribution in [0.15, 0.2) is 71.9 Å². The van der Waals surface area contributed by atoms with Crippen molar-refractivity contribution in [2.75, 3.05) is 18.2 Å². The fourth-order valence-electron chi connectivity index (χ4n) is 3.37. The minimum atomic E-state index is -0.431. The van der Waals surface area contributed by atoms with Crippen molar-refractivity contribution in [1.29, 1.82) is 0 Å². The number of carbonyl (C=O) groups is 1. The number of para-hydroxylation sites is 1. The number of carbonyl (C=O) groups excluding carboxylic acids is 1. The lowest BCUT2D eigenvalue weighted by Crippen LogP contribution is -2.16. The molecule has 4 aromatic rings. The van der Waals surface area contributed by atoms with E-state index in [4.69, 9.17) is 9.47 Å². The molecular weight excluding hydrogens is 467 g/mol. The Bertz CT molecular complexity index is 1320. The highest BCUT2D eigenvalue weighted by Crippen LogP contribution is 2.26. The lowest BCUT2D eigenvalue weighted by Gasteiger charge is -2.12. The Kier molecular flexibility index (Phi) is 7.67. The maximum atomic E-state index is 14.7. The van der Waals surface area contributed by atoms with Crippen molar-refractivity contribution in [3.05, 3.63) is 89.5 Å². The number of hydrogen-bond acceptors (Lipinski definition) is 6. The third kappa shape index (κ3) is 5.99. The molecule has 0 radical (unpaired) electrons.